The van der Waals surface area contributed by atoms with Crippen LogP contribution in [0.2, 0.25) is 0 Å². The van der Waals surface area contributed by atoms with Gasteiger partial charge in [-0.05, 0) is 37.1 Å². The van der Waals surface area contributed by atoms with Crippen molar-refractivity contribution in [1.82, 2.24) is 9.29 Å². The minimum absolute atomic E-state index is 0.109. The molecule has 31 heavy (non-hydrogen) atoms. The number of benzene rings is 2. The Morgan fingerprint density at radius 2 is 1.90 bits per heavy atom. The highest BCUT2D eigenvalue weighted by molar-refractivity contribution is 7.89. The lowest BCUT2D eigenvalue weighted by atomic mass is 10.0. The Bertz CT molecular complexity index is 1260. The molecule has 1 amide bonds. The molecule has 0 radical (unpaired) electrons. The van der Waals surface area contributed by atoms with Gasteiger partial charge in [-0.3, -0.25) is 9.36 Å². The van der Waals surface area contributed by atoms with Crippen LogP contribution < -0.4 is 20.5 Å². The second kappa shape index (κ2) is 8.94. The summed E-state index contributed by atoms with van der Waals surface area (Å²) in [5.74, 6) is -0.955. The van der Waals surface area contributed by atoms with Gasteiger partial charge in [0.05, 0.1) is 22.7 Å². The third-order valence-electron chi connectivity index (χ3n) is 4.75. The summed E-state index contributed by atoms with van der Waals surface area (Å²) in [6.07, 6.45) is 0. The van der Waals surface area contributed by atoms with Crippen LogP contribution in [-0.2, 0) is 21.9 Å². The lowest BCUT2D eigenvalue weighted by molar-refractivity contribution is -0.118. The minimum Gasteiger partial charge on any atom is -0.492 e. The van der Waals surface area contributed by atoms with Gasteiger partial charge in [0.15, 0.2) is 5.58 Å². The Morgan fingerprint density at radius 3 is 2.58 bits per heavy atom. The van der Waals surface area contributed by atoms with E-state index >= 15 is 0 Å². The molecule has 0 spiro atoms. The predicted molar refractivity (Wildman–Crippen MR) is 117 cm³/mol. The van der Waals surface area contributed by atoms with Crippen molar-refractivity contribution in [2.24, 2.45) is 13.0 Å². The van der Waals surface area contributed by atoms with E-state index in [0.29, 0.717) is 23.6 Å². The number of rotatable bonds is 8. The van der Waals surface area contributed by atoms with Gasteiger partial charge in [-0.1, -0.05) is 26.0 Å². The van der Waals surface area contributed by atoms with E-state index in [2.05, 4.69) is 10.0 Å². The van der Waals surface area contributed by atoms with E-state index in [4.69, 9.17) is 9.15 Å². The third-order valence-corrected chi connectivity index (χ3v) is 6.19. The van der Waals surface area contributed by atoms with E-state index in [1.807, 2.05) is 6.92 Å². The number of nitrogens with zero attached hydrogens (tertiary/aromatic N) is 1. The standard InChI is InChI=1S/C21H25N3O6S/c1-5-29-17-9-7-6-8-15(17)22-20(25)19(13(2)3)23-31(27,28)14-10-11-16-18(12-14)30-21(26)24(16)4/h6-13,19,23H,5H2,1-4H3,(H,22,25). The molecule has 1 unspecified atom stereocenters. The van der Waals surface area contributed by atoms with E-state index in [1.54, 1.807) is 38.1 Å². The largest absolute Gasteiger partial charge is 0.492 e. The molecule has 0 aliphatic rings. The molecule has 10 heteroatoms. The molecule has 0 aliphatic heterocycles. The van der Waals surface area contributed by atoms with Gasteiger partial charge < -0.3 is 14.5 Å². The fraction of sp³-hybridized carbons (Fsp3) is 0.333. The summed E-state index contributed by atoms with van der Waals surface area (Å²) in [6, 6.07) is 9.99. The molecule has 2 N–H and O–H groups in total. The van der Waals surface area contributed by atoms with Crippen molar-refractivity contribution in [3.8, 4) is 5.75 Å². The van der Waals surface area contributed by atoms with Gasteiger partial charge in [0, 0.05) is 13.1 Å². The van der Waals surface area contributed by atoms with Crippen molar-refractivity contribution in [3.05, 3.63) is 53.0 Å². The van der Waals surface area contributed by atoms with Crippen LogP contribution in [-0.4, -0.2) is 31.5 Å². The fourth-order valence-electron chi connectivity index (χ4n) is 3.07. The summed E-state index contributed by atoms with van der Waals surface area (Å²) in [4.78, 5) is 24.5. The van der Waals surface area contributed by atoms with Gasteiger partial charge in [-0.25, -0.2) is 13.2 Å². The maximum atomic E-state index is 13.0. The molecule has 1 heterocycles. The summed E-state index contributed by atoms with van der Waals surface area (Å²) < 4.78 is 40.3. The maximum absolute atomic E-state index is 13.0. The Morgan fingerprint density at radius 1 is 1.19 bits per heavy atom. The molecule has 166 valence electrons. The highest BCUT2D eigenvalue weighted by atomic mass is 32.2. The first-order valence-electron chi connectivity index (χ1n) is 9.78. The Balaban J connectivity index is 1.86. The number of hydrogen-bond donors (Lipinski definition) is 2. The average molecular weight is 448 g/mol. The summed E-state index contributed by atoms with van der Waals surface area (Å²) in [7, 11) is -2.54. The Hall–Kier alpha value is -3.11. The number of para-hydroxylation sites is 2. The number of amides is 1. The second-order valence-electron chi connectivity index (χ2n) is 7.32. The van der Waals surface area contributed by atoms with E-state index in [-0.39, 0.29) is 16.4 Å². The van der Waals surface area contributed by atoms with Gasteiger partial charge in [-0.15, -0.1) is 0 Å². The van der Waals surface area contributed by atoms with E-state index in [1.165, 1.54) is 29.8 Å². The van der Waals surface area contributed by atoms with Gasteiger partial charge in [0.2, 0.25) is 15.9 Å². The third kappa shape index (κ3) is 4.80. The van der Waals surface area contributed by atoms with Crippen LogP contribution in [0, 0.1) is 5.92 Å². The number of hydrogen-bond acceptors (Lipinski definition) is 6. The molecule has 9 nitrogen and oxygen atoms in total. The predicted octanol–water partition coefficient (Wildman–Crippen LogP) is 2.47. The molecule has 3 rings (SSSR count). The van der Waals surface area contributed by atoms with Gasteiger partial charge >= 0.3 is 5.76 Å². The first kappa shape index (κ1) is 22.6. The topological polar surface area (TPSA) is 120 Å². The second-order valence-corrected chi connectivity index (χ2v) is 9.03. The smallest absolute Gasteiger partial charge is 0.419 e. The first-order valence-corrected chi connectivity index (χ1v) is 11.3. The number of carbonyl (C=O) groups excluding carboxylic acids is 1. The number of fused-ring (bicyclic) bond motifs is 1. The maximum Gasteiger partial charge on any atom is 0.419 e. The first-order chi connectivity index (χ1) is 14.6. The number of aryl methyl sites for hydroxylation is 1. The molecule has 1 atom stereocenters. The Kier molecular flexibility index (Phi) is 6.51. The van der Waals surface area contributed by atoms with Crippen molar-refractivity contribution in [2.75, 3.05) is 11.9 Å². The fourth-order valence-corrected chi connectivity index (χ4v) is 4.43. The number of anilines is 1. The number of sulfonamides is 1. The zero-order chi connectivity index (χ0) is 22.8. The monoisotopic (exact) mass is 447 g/mol. The zero-order valence-corrected chi connectivity index (χ0v) is 18.5. The molecule has 0 aliphatic carbocycles. The molecule has 2 aromatic carbocycles. The number of carbonyl (C=O) groups is 1. The van der Waals surface area contributed by atoms with Crippen LogP contribution in [0.4, 0.5) is 5.69 Å². The average Bonchev–Trinajstić information content (AvgIpc) is 3.01. The number of oxazole rings is 1. The van der Waals surface area contributed by atoms with Gasteiger partial charge in [-0.2, -0.15) is 4.72 Å². The van der Waals surface area contributed by atoms with Crippen LogP contribution in [0.15, 0.2) is 56.6 Å². The summed E-state index contributed by atoms with van der Waals surface area (Å²) in [6.45, 7) is 5.72. The van der Waals surface area contributed by atoms with E-state index in [0.717, 1.165) is 0 Å². The van der Waals surface area contributed by atoms with Crippen molar-refractivity contribution in [2.45, 2.75) is 31.7 Å². The van der Waals surface area contributed by atoms with Crippen molar-refractivity contribution < 1.29 is 22.4 Å². The molecule has 0 saturated carbocycles. The minimum atomic E-state index is -4.07. The van der Waals surface area contributed by atoms with Crippen LogP contribution in [0.5, 0.6) is 5.75 Å². The van der Waals surface area contributed by atoms with Gasteiger partial charge in [0.1, 0.15) is 11.8 Å². The normalized spacial score (nSPS) is 12.8. The number of nitrogens with one attached hydrogen (secondary N) is 2. The molecule has 1 aromatic heterocycles. The molecule has 0 fully saturated rings. The molecule has 0 bridgehead atoms. The quantitative estimate of drug-likeness (QED) is 0.547. The van der Waals surface area contributed by atoms with Crippen LogP contribution in [0.3, 0.4) is 0 Å². The highest BCUT2D eigenvalue weighted by Crippen LogP contribution is 2.25. The molecule has 0 saturated heterocycles. The highest BCUT2D eigenvalue weighted by Gasteiger charge is 2.29. The van der Waals surface area contributed by atoms with E-state index < -0.39 is 27.7 Å². The van der Waals surface area contributed by atoms with Gasteiger partial charge in [0.25, 0.3) is 0 Å². The summed E-state index contributed by atoms with van der Waals surface area (Å²) in [5, 5.41) is 2.74. The summed E-state index contributed by atoms with van der Waals surface area (Å²) >= 11 is 0. The van der Waals surface area contributed by atoms with Crippen molar-refractivity contribution in [3.63, 3.8) is 0 Å². The van der Waals surface area contributed by atoms with E-state index in [9.17, 15) is 18.0 Å². The van der Waals surface area contributed by atoms with Crippen molar-refractivity contribution in [1.29, 1.82) is 0 Å². The summed E-state index contributed by atoms with van der Waals surface area (Å²) in [5.41, 5.74) is 1.06. The number of ether oxygens (including phenoxy) is 1. The number of aromatic nitrogens is 1. The van der Waals surface area contributed by atoms with Crippen LogP contribution in [0.1, 0.15) is 20.8 Å². The molecule has 3 aromatic rings. The lowest BCUT2D eigenvalue weighted by Gasteiger charge is -2.22. The SMILES string of the molecule is CCOc1ccccc1NC(=O)C(NS(=O)(=O)c1ccc2c(c1)oc(=O)n2C)C(C)C. The van der Waals surface area contributed by atoms with Crippen LogP contribution in [0.25, 0.3) is 11.1 Å². The lowest BCUT2D eigenvalue weighted by Crippen LogP contribution is -2.47. The Labute approximate surface area is 180 Å². The molecular weight excluding hydrogens is 422 g/mol. The van der Waals surface area contributed by atoms with Crippen LogP contribution >= 0.6 is 0 Å². The molecular formula is C21H25N3O6S. The zero-order valence-electron chi connectivity index (χ0n) is 17.7. The van der Waals surface area contributed by atoms with Crippen molar-refractivity contribution >= 4 is 32.7 Å².